The minimum Gasteiger partial charge on any atom is -0.466 e. The molecule has 0 fully saturated rings. The van der Waals surface area contributed by atoms with Crippen molar-refractivity contribution in [1.29, 1.82) is 0 Å². The fraction of sp³-hybridized carbons (Fsp3) is 0.667. The van der Waals surface area contributed by atoms with Crippen LogP contribution in [0.4, 0.5) is 13.2 Å². The van der Waals surface area contributed by atoms with E-state index in [0.717, 1.165) is 10.8 Å². The van der Waals surface area contributed by atoms with Gasteiger partial charge in [0, 0.05) is 25.4 Å². The van der Waals surface area contributed by atoms with Gasteiger partial charge < -0.3 is 19.5 Å². The summed E-state index contributed by atoms with van der Waals surface area (Å²) in [5, 5.41) is 2.59. The lowest BCUT2D eigenvalue weighted by atomic mass is 10.0. The maximum Gasteiger partial charge on any atom is 0.416 e. The van der Waals surface area contributed by atoms with E-state index in [1.165, 1.54) is 0 Å². The minimum absolute atomic E-state index is 0.000208. The molecule has 10 heteroatoms. The van der Waals surface area contributed by atoms with Gasteiger partial charge in [-0.3, -0.25) is 14.4 Å². The second-order valence-electron chi connectivity index (χ2n) is 8.00. The van der Waals surface area contributed by atoms with E-state index in [-0.39, 0.29) is 43.9 Å². The predicted molar refractivity (Wildman–Crippen MR) is 111 cm³/mol. The highest BCUT2D eigenvalue weighted by molar-refractivity contribution is 5.81. The molecule has 0 aromatic carbocycles. The van der Waals surface area contributed by atoms with Gasteiger partial charge in [-0.25, -0.2) is 0 Å². The molecule has 0 bridgehead atoms. The van der Waals surface area contributed by atoms with Crippen molar-refractivity contribution in [2.24, 2.45) is 5.92 Å². The number of ether oxygens (including phenoxy) is 1. The average molecular weight is 447 g/mol. The Hall–Kier alpha value is -2.36. The molecule has 1 N–H and O–H groups in total. The maximum atomic E-state index is 13.5. The van der Waals surface area contributed by atoms with Crippen LogP contribution in [-0.2, 0) is 26.9 Å². The fourth-order valence-electron chi connectivity index (χ4n) is 3.07. The first-order valence-electron chi connectivity index (χ1n) is 10.3. The van der Waals surface area contributed by atoms with Gasteiger partial charge in [0.25, 0.3) is 5.56 Å². The van der Waals surface area contributed by atoms with Gasteiger partial charge >= 0.3 is 12.1 Å². The normalized spacial score (nSPS) is 12.8. The van der Waals surface area contributed by atoms with Crippen LogP contribution < -0.4 is 10.9 Å². The zero-order valence-corrected chi connectivity index (χ0v) is 18.7. The van der Waals surface area contributed by atoms with Gasteiger partial charge in [0.15, 0.2) is 0 Å². The molecule has 1 aromatic rings. The summed E-state index contributed by atoms with van der Waals surface area (Å²) in [6, 6.07) is -0.431. The number of aromatic nitrogens is 1. The second-order valence-corrected chi connectivity index (χ2v) is 8.00. The number of esters is 1. The van der Waals surface area contributed by atoms with Crippen molar-refractivity contribution in [1.82, 2.24) is 14.8 Å². The Morgan fingerprint density at radius 1 is 1.26 bits per heavy atom. The molecule has 1 rings (SSSR count). The molecular formula is C21H32F3N3O4. The minimum atomic E-state index is -4.67. The van der Waals surface area contributed by atoms with Gasteiger partial charge in [-0.15, -0.1) is 0 Å². The molecule has 0 saturated heterocycles. The third-order valence-corrected chi connectivity index (χ3v) is 4.56. The van der Waals surface area contributed by atoms with E-state index < -0.39 is 35.2 Å². The molecule has 0 radical (unpaired) electrons. The van der Waals surface area contributed by atoms with E-state index >= 15 is 0 Å². The number of carbonyl (C=O) groups excluding carboxylic acids is 2. The van der Waals surface area contributed by atoms with E-state index in [0.29, 0.717) is 12.6 Å². The number of pyridine rings is 1. The zero-order valence-electron chi connectivity index (χ0n) is 18.7. The molecule has 1 aromatic heterocycles. The van der Waals surface area contributed by atoms with Crippen LogP contribution in [0.2, 0.25) is 0 Å². The molecule has 1 amide bonds. The summed E-state index contributed by atoms with van der Waals surface area (Å²) >= 11 is 0. The van der Waals surface area contributed by atoms with E-state index in [1.807, 2.05) is 13.8 Å². The van der Waals surface area contributed by atoms with Crippen molar-refractivity contribution >= 4 is 11.9 Å². The Morgan fingerprint density at radius 3 is 2.42 bits per heavy atom. The quantitative estimate of drug-likeness (QED) is 0.528. The molecule has 1 unspecified atom stereocenters. The van der Waals surface area contributed by atoms with Crippen molar-refractivity contribution in [3.05, 3.63) is 33.7 Å². The first kappa shape index (κ1) is 26.7. The van der Waals surface area contributed by atoms with Crippen LogP contribution in [0.25, 0.3) is 0 Å². The van der Waals surface area contributed by atoms with Gasteiger partial charge in [0.1, 0.15) is 6.04 Å². The standard InChI is InChI=1S/C21H32F3N3O4/c1-6-31-19(29)7-9-25-20(30)17(11-14(2)3)27-13-15(8-10-26(4)5)16(12-18(27)28)21(22,23)24/h12-14,17H,6-11H2,1-5H3,(H,25,30). The fourth-order valence-corrected chi connectivity index (χ4v) is 3.07. The molecule has 0 aliphatic heterocycles. The summed E-state index contributed by atoms with van der Waals surface area (Å²) in [5.74, 6) is -1.00. The monoisotopic (exact) mass is 447 g/mol. The van der Waals surface area contributed by atoms with Crippen LogP contribution in [0, 0.1) is 5.92 Å². The SMILES string of the molecule is CCOC(=O)CCNC(=O)C(CC(C)C)n1cc(CCN(C)C)c(C(F)(F)F)cc1=O. The molecule has 1 atom stereocenters. The topological polar surface area (TPSA) is 80.6 Å². The number of halogens is 3. The maximum absolute atomic E-state index is 13.5. The highest BCUT2D eigenvalue weighted by Crippen LogP contribution is 2.32. The summed E-state index contributed by atoms with van der Waals surface area (Å²) < 4.78 is 46.3. The lowest BCUT2D eigenvalue weighted by Gasteiger charge is -2.24. The molecule has 0 aliphatic carbocycles. The van der Waals surface area contributed by atoms with Gasteiger partial charge in [0.2, 0.25) is 5.91 Å². The van der Waals surface area contributed by atoms with Crippen LogP contribution in [0.3, 0.4) is 0 Å². The van der Waals surface area contributed by atoms with Crippen LogP contribution in [-0.4, -0.2) is 55.1 Å². The number of rotatable bonds is 11. The van der Waals surface area contributed by atoms with E-state index in [1.54, 1.807) is 25.9 Å². The Bertz CT molecular complexity index is 804. The average Bonchev–Trinajstić information content (AvgIpc) is 2.64. The van der Waals surface area contributed by atoms with Crippen molar-refractivity contribution < 1.29 is 27.5 Å². The number of nitrogens with zero attached hydrogens (tertiary/aromatic N) is 2. The summed E-state index contributed by atoms with van der Waals surface area (Å²) in [7, 11) is 3.48. The number of hydrogen-bond donors (Lipinski definition) is 1. The molecular weight excluding hydrogens is 415 g/mol. The smallest absolute Gasteiger partial charge is 0.416 e. The third-order valence-electron chi connectivity index (χ3n) is 4.56. The van der Waals surface area contributed by atoms with Gasteiger partial charge in [0.05, 0.1) is 18.6 Å². The third kappa shape index (κ3) is 8.72. The Kier molecular flexibility index (Phi) is 10.2. The van der Waals surface area contributed by atoms with Crippen molar-refractivity contribution in [2.75, 3.05) is 33.8 Å². The molecule has 0 saturated carbocycles. The van der Waals surface area contributed by atoms with Crippen LogP contribution >= 0.6 is 0 Å². The highest BCUT2D eigenvalue weighted by atomic mass is 19.4. The number of nitrogens with one attached hydrogen (secondary N) is 1. The largest absolute Gasteiger partial charge is 0.466 e. The number of carbonyl (C=O) groups is 2. The first-order chi connectivity index (χ1) is 14.4. The van der Waals surface area contributed by atoms with Crippen LogP contribution in [0.15, 0.2) is 17.1 Å². The van der Waals surface area contributed by atoms with Gasteiger partial charge in [-0.2, -0.15) is 13.2 Å². The molecule has 1 heterocycles. The van der Waals surface area contributed by atoms with Crippen molar-refractivity contribution in [3.63, 3.8) is 0 Å². The first-order valence-corrected chi connectivity index (χ1v) is 10.3. The summed E-state index contributed by atoms with van der Waals surface area (Å²) in [6.07, 6.45) is -3.24. The lowest BCUT2D eigenvalue weighted by molar-refractivity contribution is -0.143. The number of alkyl halides is 3. The van der Waals surface area contributed by atoms with E-state index in [2.05, 4.69) is 5.32 Å². The predicted octanol–water partition coefficient (Wildman–Crippen LogP) is 2.63. The molecule has 7 nitrogen and oxygen atoms in total. The summed E-state index contributed by atoms with van der Waals surface area (Å²) in [4.78, 5) is 38.5. The Balaban J connectivity index is 3.25. The Morgan fingerprint density at radius 2 is 1.90 bits per heavy atom. The van der Waals surface area contributed by atoms with Crippen molar-refractivity contribution in [3.8, 4) is 0 Å². The van der Waals surface area contributed by atoms with E-state index in [4.69, 9.17) is 4.74 Å². The number of hydrogen-bond acceptors (Lipinski definition) is 5. The Labute approximate surface area is 180 Å². The van der Waals surface area contributed by atoms with Gasteiger partial charge in [-0.05, 0) is 45.3 Å². The van der Waals surface area contributed by atoms with Crippen molar-refractivity contribution in [2.45, 2.75) is 52.3 Å². The van der Waals surface area contributed by atoms with E-state index in [9.17, 15) is 27.6 Å². The second kappa shape index (κ2) is 11.9. The number of likely N-dealkylation sites (N-methyl/N-ethyl adjacent to an activating group) is 1. The molecule has 0 aliphatic rings. The number of amides is 1. The van der Waals surface area contributed by atoms with Gasteiger partial charge in [-0.1, -0.05) is 13.8 Å². The molecule has 31 heavy (non-hydrogen) atoms. The molecule has 0 spiro atoms. The molecule has 176 valence electrons. The summed E-state index contributed by atoms with van der Waals surface area (Å²) in [6.45, 7) is 5.94. The highest BCUT2D eigenvalue weighted by Gasteiger charge is 2.35. The van der Waals surface area contributed by atoms with Crippen LogP contribution in [0.1, 0.15) is 50.8 Å². The summed E-state index contributed by atoms with van der Waals surface area (Å²) in [5.41, 5.74) is -1.93. The van der Waals surface area contributed by atoms with Crippen LogP contribution in [0.5, 0.6) is 0 Å². The zero-order chi connectivity index (χ0) is 23.8. The lowest BCUT2D eigenvalue weighted by Crippen LogP contribution is -2.39.